The van der Waals surface area contributed by atoms with Gasteiger partial charge in [0, 0.05) is 0 Å². The second-order valence-corrected chi connectivity index (χ2v) is 8.03. The van der Waals surface area contributed by atoms with Crippen LogP contribution >= 0.6 is 11.8 Å². The number of alkyl halides is 3. The number of hydrogen-bond donors (Lipinski definition) is 1. The lowest BCUT2D eigenvalue weighted by Crippen LogP contribution is -2.41. The number of carbonyl (C=O) groups excluding carboxylic acids is 1. The largest absolute Gasteiger partial charge is 0.486 e. The molecule has 0 saturated heterocycles. The van der Waals surface area contributed by atoms with E-state index >= 15 is 0 Å². The molecular weight excluding hydrogens is 443 g/mol. The van der Waals surface area contributed by atoms with E-state index < -0.39 is 12.7 Å². The van der Waals surface area contributed by atoms with E-state index in [0.29, 0.717) is 29.4 Å². The molecule has 1 atom stereocenters. The number of thioether (sulfide) groups is 1. The summed E-state index contributed by atoms with van der Waals surface area (Å²) in [4.78, 5) is 16.4. The topological polar surface area (TPSA) is 65.4 Å². The van der Waals surface area contributed by atoms with Gasteiger partial charge in [-0.05, 0) is 17.7 Å². The van der Waals surface area contributed by atoms with E-state index in [1.165, 1.54) is 6.20 Å². The van der Waals surface area contributed by atoms with Crippen molar-refractivity contribution in [2.45, 2.75) is 24.0 Å². The average Bonchev–Trinajstić information content (AvgIpc) is 3.17. The van der Waals surface area contributed by atoms with Gasteiger partial charge in [0.15, 0.2) is 16.7 Å². The summed E-state index contributed by atoms with van der Waals surface area (Å²) in [6.45, 7) is -0.672. The summed E-state index contributed by atoms with van der Waals surface area (Å²) in [7, 11) is 0. The van der Waals surface area contributed by atoms with Crippen LogP contribution in [0.15, 0.2) is 66.0 Å². The molecular formula is C22H20F3N3O3S. The fraction of sp³-hybridized carbons (Fsp3) is 0.273. The zero-order chi connectivity index (χ0) is 22.6. The summed E-state index contributed by atoms with van der Waals surface area (Å²) in [5.74, 6) is 0.847. The van der Waals surface area contributed by atoms with Crippen LogP contribution in [0.2, 0.25) is 0 Å². The van der Waals surface area contributed by atoms with Crippen molar-refractivity contribution < 1.29 is 27.4 Å². The first-order valence-electron chi connectivity index (χ1n) is 9.85. The van der Waals surface area contributed by atoms with Crippen molar-refractivity contribution >= 4 is 17.7 Å². The molecule has 1 unspecified atom stereocenters. The van der Waals surface area contributed by atoms with Gasteiger partial charge in [-0.25, -0.2) is 4.98 Å². The van der Waals surface area contributed by atoms with Gasteiger partial charge in [0.05, 0.1) is 24.2 Å². The van der Waals surface area contributed by atoms with Crippen molar-refractivity contribution in [3.63, 3.8) is 0 Å². The first-order chi connectivity index (χ1) is 15.4. The lowest BCUT2D eigenvalue weighted by atomic mass is 10.2. The Balaban J connectivity index is 1.36. The number of rotatable bonds is 7. The Morgan fingerprint density at radius 3 is 2.59 bits per heavy atom. The minimum Gasteiger partial charge on any atom is -0.486 e. The molecule has 2 heterocycles. The highest BCUT2D eigenvalue weighted by Gasteiger charge is 2.31. The van der Waals surface area contributed by atoms with Gasteiger partial charge in [0.25, 0.3) is 0 Å². The average molecular weight is 463 g/mol. The van der Waals surface area contributed by atoms with Crippen LogP contribution in [0.1, 0.15) is 0 Å². The van der Waals surface area contributed by atoms with Gasteiger partial charge in [-0.15, -0.1) is 0 Å². The molecule has 4 rings (SSSR count). The molecule has 0 bridgehead atoms. The number of carbonyl (C=O) groups is 1. The second kappa shape index (κ2) is 9.56. The monoisotopic (exact) mass is 463 g/mol. The summed E-state index contributed by atoms with van der Waals surface area (Å²) in [5.41, 5.74) is 0.965. The first-order valence-corrected chi connectivity index (χ1v) is 10.8. The molecule has 0 radical (unpaired) electrons. The summed E-state index contributed by atoms with van der Waals surface area (Å²) >= 11 is 0.954. The highest BCUT2D eigenvalue weighted by Crippen LogP contribution is 2.31. The Hall–Kier alpha value is -3.14. The smallest absolute Gasteiger partial charge is 0.406 e. The Bertz CT molecular complexity index is 1070. The van der Waals surface area contributed by atoms with Gasteiger partial charge in [0.1, 0.15) is 19.3 Å². The zero-order valence-electron chi connectivity index (χ0n) is 16.8. The molecule has 168 valence electrons. The summed E-state index contributed by atoms with van der Waals surface area (Å²) in [6.07, 6.45) is -3.38. The molecule has 1 aliphatic heterocycles. The number of para-hydroxylation sites is 2. The van der Waals surface area contributed by atoms with E-state index in [0.717, 1.165) is 16.3 Å². The van der Waals surface area contributed by atoms with Crippen molar-refractivity contribution in [2.75, 3.05) is 18.9 Å². The SMILES string of the molecule is O=C(CSc1ncc(-c2ccccc2)n1CC(F)(F)F)NCC1COc2ccccc2O1. The maximum atomic E-state index is 13.2. The van der Waals surface area contributed by atoms with Crippen LogP contribution in [0, 0.1) is 0 Å². The predicted molar refractivity (Wildman–Crippen MR) is 114 cm³/mol. The molecule has 1 aromatic heterocycles. The molecule has 0 aliphatic carbocycles. The number of fused-ring (bicyclic) bond motifs is 1. The lowest BCUT2D eigenvalue weighted by Gasteiger charge is -2.26. The van der Waals surface area contributed by atoms with E-state index in [2.05, 4.69) is 10.3 Å². The lowest BCUT2D eigenvalue weighted by molar-refractivity contribution is -0.141. The van der Waals surface area contributed by atoms with E-state index in [1.54, 1.807) is 42.5 Å². The summed E-state index contributed by atoms with van der Waals surface area (Å²) < 4.78 is 52.0. The first kappa shape index (κ1) is 22.1. The second-order valence-electron chi connectivity index (χ2n) is 7.08. The van der Waals surface area contributed by atoms with E-state index in [1.807, 2.05) is 12.1 Å². The third kappa shape index (κ3) is 5.56. The van der Waals surface area contributed by atoms with Crippen molar-refractivity contribution in [2.24, 2.45) is 0 Å². The third-order valence-corrected chi connectivity index (χ3v) is 5.64. The molecule has 6 nitrogen and oxygen atoms in total. The maximum absolute atomic E-state index is 13.2. The fourth-order valence-corrected chi connectivity index (χ4v) is 4.03. The predicted octanol–water partition coefficient (Wildman–Crippen LogP) is 4.16. The van der Waals surface area contributed by atoms with Crippen LogP contribution in [0.5, 0.6) is 11.5 Å². The van der Waals surface area contributed by atoms with Crippen molar-refractivity contribution in [3.05, 3.63) is 60.8 Å². The molecule has 1 N–H and O–H groups in total. The van der Waals surface area contributed by atoms with Crippen molar-refractivity contribution in [1.29, 1.82) is 0 Å². The molecule has 0 saturated carbocycles. The molecule has 1 amide bonds. The number of nitrogens with one attached hydrogen (secondary N) is 1. The van der Waals surface area contributed by atoms with Gasteiger partial charge in [-0.1, -0.05) is 54.2 Å². The van der Waals surface area contributed by atoms with Crippen LogP contribution in [0.3, 0.4) is 0 Å². The van der Waals surface area contributed by atoms with Crippen LogP contribution in [-0.2, 0) is 11.3 Å². The highest BCUT2D eigenvalue weighted by atomic mass is 32.2. The van der Waals surface area contributed by atoms with Crippen LogP contribution < -0.4 is 14.8 Å². The Labute approximate surface area is 186 Å². The standard InChI is InChI=1S/C22H20F3N3O3S/c23-22(24,25)14-28-17(15-6-2-1-3-7-15)11-27-21(28)32-13-20(29)26-10-16-12-30-18-8-4-5-9-19(18)31-16/h1-9,11,16H,10,12-14H2,(H,26,29). The minimum absolute atomic E-state index is 0.0761. The van der Waals surface area contributed by atoms with Crippen LogP contribution in [-0.4, -0.2) is 46.6 Å². The summed E-state index contributed by atoms with van der Waals surface area (Å²) in [6, 6.07) is 16.0. The number of aromatic nitrogens is 2. The summed E-state index contributed by atoms with van der Waals surface area (Å²) in [5, 5.41) is 2.86. The Morgan fingerprint density at radius 1 is 1.12 bits per heavy atom. The molecule has 2 aromatic carbocycles. The Morgan fingerprint density at radius 2 is 1.84 bits per heavy atom. The van der Waals surface area contributed by atoms with Crippen LogP contribution in [0.25, 0.3) is 11.3 Å². The minimum atomic E-state index is -4.42. The molecule has 0 fully saturated rings. The maximum Gasteiger partial charge on any atom is 0.406 e. The molecule has 3 aromatic rings. The van der Waals surface area contributed by atoms with Gasteiger partial charge < -0.3 is 19.4 Å². The highest BCUT2D eigenvalue weighted by molar-refractivity contribution is 7.99. The fourth-order valence-electron chi connectivity index (χ4n) is 3.22. The van der Waals surface area contributed by atoms with Gasteiger partial charge in [-0.3, -0.25) is 4.79 Å². The van der Waals surface area contributed by atoms with Gasteiger partial charge in [0.2, 0.25) is 5.91 Å². The molecule has 32 heavy (non-hydrogen) atoms. The third-order valence-electron chi connectivity index (χ3n) is 4.65. The molecule has 0 spiro atoms. The number of halogens is 3. The number of imidazole rings is 1. The zero-order valence-corrected chi connectivity index (χ0v) is 17.7. The normalized spacial score (nSPS) is 15.4. The number of nitrogens with zero attached hydrogens (tertiary/aromatic N) is 2. The van der Waals surface area contributed by atoms with Gasteiger partial charge in [-0.2, -0.15) is 13.2 Å². The quantitative estimate of drug-likeness (QED) is 0.533. The molecule has 10 heteroatoms. The van der Waals surface area contributed by atoms with Crippen LogP contribution in [0.4, 0.5) is 13.2 Å². The number of ether oxygens (including phenoxy) is 2. The van der Waals surface area contributed by atoms with Crippen molar-refractivity contribution in [1.82, 2.24) is 14.9 Å². The number of benzene rings is 2. The molecule has 1 aliphatic rings. The van der Waals surface area contributed by atoms with E-state index in [9.17, 15) is 18.0 Å². The number of amides is 1. The Kier molecular flexibility index (Phi) is 6.59. The van der Waals surface area contributed by atoms with E-state index in [-0.39, 0.29) is 29.5 Å². The van der Waals surface area contributed by atoms with Gasteiger partial charge >= 0.3 is 6.18 Å². The van der Waals surface area contributed by atoms with Crippen molar-refractivity contribution in [3.8, 4) is 22.8 Å². The van der Waals surface area contributed by atoms with E-state index in [4.69, 9.17) is 9.47 Å². The number of hydrogen-bond acceptors (Lipinski definition) is 5.